The Balaban J connectivity index is 3.45. The second-order valence-electron chi connectivity index (χ2n) is 3.54. The number of carboxylic acid groups (broad SMARTS) is 1. The van der Waals surface area contributed by atoms with Crippen LogP contribution >= 0.6 is 0 Å². The summed E-state index contributed by atoms with van der Waals surface area (Å²) in [6.07, 6.45) is 3.23. The second-order valence-corrected chi connectivity index (χ2v) is 3.54. The highest BCUT2D eigenvalue weighted by Gasteiger charge is 2.12. The van der Waals surface area contributed by atoms with Gasteiger partial charge in [-0.25, -0.2) is 0 Å². The Morgan fingerprint density at radius 1 is 1.27 bits per heavy atom. The molecule has 0 heterocycles. The minimum absolute atomic E-state index is 0.186. The summed E-state index contributed by atoms with van der Waals surface area (Å²) >= 11 is 0. The van der Waals surface area contributed by atoms with Crippen LogP contribution in [0.3, 0.4) is 0 Å². The van der Waals surface area contributed by atoms with Gasteiger partial charge in [0.1, 0.15) is 6.04 Å². The van der Waals surface area contributed by atoms with Crippen molar-refractivity contribution in [1.82, 2.24) is 10.6 Å². The Labute approximate surface area is 90.2 Å². The summed E-state index contributed by atoms with van der Waals surface area (Å²) in [6, 6.07) is -0.796. The molecule has 0 radical (unpaired) electrons. The van der Waals surface area contributed by atoms with Crippen molar-refractivity contribution < 1.29 is 14.7 Å². The van der Waals surface area contributed by atoms with Gasteiger partial charge in [-0.15, -0.1) is 0 Å². The van der Waals surface area contributed by atoms with Gasteiger partial charge in [0.2, 0.25) is 5.91 Å². The third-order valence-electron chi connectivity index (χ3n) is 2.08. The van der Waals surface area contributed by atoms with Crippen LogP contribution in [-0.4, -0.2) is 36.6 Å². The van der Waals surface area contributed by atoms with E-state index >= 15 is 0 Å². The summed E-state index contributed by atoms with van der Waals surface area (Å²) in [4.78, 5) is 21.6. The molecule has 0 rings (SSSR count). The molecule has 0 aliphatic rings. The molecule has 15 heavy (non-hydrogen) atoms. The lowest BCUT2D eigenvalue weighted by atomic mass is 10.2. The first-order valence-electron chi connectivity index (χ1n) is 5.24. The van der Waals surface area contributed by atoms with Gasteiger partial charge in [0, 0.05) is 6.42 Å². The fourth-order valence-electron chi connectivity index (χ4n) is 1.14. The molecule has 0 unspecified atom stereocenters. The molecule has 0 saturated heterocycles. The lowest BCUT2D eigenvalue weighted by Crippen LogP contribution is -2.38. The zero-order chi connectivity index (χ0) is 11.7. The molecule has 1 atom stereocenters. The molecule has 0 aliphatic heterocycles. The fourth-order valence-corrected chi connectivity index (χ4v) is 1.14. The smallest absolute Gasteiger partial charge is 0.325 e. The zero-order valence-electron chi connectivity index (χ0n) is 9.38. The molecule has 5 heteroatoms. The van der Waals surface area contributed by atoms with Gasteiger partial charge >= 0.3 is 5.97 Å². The molecule has 0 saturated carbocycles. The van der Waals surface area contributed by atoms with Crippen molar-refractivity contribution in [2.24, 2.45) is 0 Å². The molecule has 0 aromatic carbocycles. The first-order chi connectivity index (χ1) is 7.07. The largest absolute Gasteiger partial charge is 0.480 e. The number of aliphatic carboxylic acids is 1. The van der Waals surface area contributed by atoms with Gasteiger partial charge in [0.25, 0.3) is 0 Å². The first-order valence-corrected chi connectivity index (χ1v) is 5.24. The number of amides is 1. The molecule has 3 N–H and O–H groups in total. The maximum absolute atomic E-state index is 11.2. The minimum atomic E-state index is -1.00. The summed E-state index contributed by atoms with van der Waals surface area (Å²) in [5.74, 6) is -1.19. The quantitative estimate of drug-likeness (QED) is 0.512. The van der Waals surface area contributed by atoms with Gasteiger partial charge in [0.15, 0.2) is 0 Å². The molecule has 0 fully saturated rings. The van der Waals surface area contributed by atoms with Crippen molar-refractivity contribution in [1.29, 1.82) is 0 Å². The van der Waals surface area contributed by atoms with E-state index in [1.54, 1.807) is 0 Å². The summed E-state index contributed by atoms with van der Waals surface area (Å²) in [6.45, 7) is 2.41. The van der Waals surface area contributed by atoms with E-state index < -0.39 is 12.0 Å². The fraction of sp³-hybridized carbons (Fsp3) is 0.800. The van der Waals surface area contributed by atoms with Crippen molar-refractivity contribution in [3.63, 3.8) is 0 Å². The number of carbonyl (C=O) groups excluding carboxylic acids is 1. The number of hydrogen-bond donors (Lipinski definition) is 3. The Hall–Kier alpha value is -1.10. The average Bonchev–Trinajstić information content (AvgIpc) is 2.17. The van der Waals surface area contributed by atoms with Crippen LogP contribution < -0.4 is 10.6 Å². The number of carboxylic acids is 1. The van der Waals surface area contributed by atoms with E-state index in [0.29, 0.717) is 6.42 Å². The monoisotopic (exact) mass is 216 g/mol. The van der Waals surface area contributed by atoms with Crippen molar-refractivity contribution in [2.45, 2.75) is 38.6 Å². The van der Waals surface area contributed by atoms with E-state index in [1.165, 1.54) is 6.92 Å². The van der Waals surface area contributed by atoms with Crippen LogP contribution in [-0.2, 0) is 9.59 Å². The lowest BCUT2D eigenvalue weighted by molar-refractivity contribution is -0.141. The number of carbonyl (C=O) groups is 2. The van der Waals surface area contributed by atoms with Crippen LogP contribution in [0.5, 0.6) is 0 Å². The van der Waals surface area contributed by atoms with Crippen LogP contribution in [0.4, 0.5) is 0 Å². The van der Waals surface area contributed by atoms with Crippen molar-refractivity contribution in [3.05, 3.63) is 0 Å². The van der Waals surface area contributed by atoms with Crippen molar-refractivity contribution in [3.8, 4) is 0 Å². The molecule has 1 amide bonds. The number of unbranched alkanes of at least 4 members (excludes halogenated alkanes) is 2. The Bertz CT molecular complexity index is 207. The number of rotatable bonds is 8. The van der Waals surface area contributed by atoms with Gasteiger partial charge in [-0.3, -0.25) is 9.59 Å². The molecular weight excluding hydrogens is 196 g/mol. The zero-order valence-corrected chi connectivity index (χ0v) is 9.38. The van der Waals surface area contributed by atoms with Crippen LogP contribution in [0.1, 0.15) is 32.6 Å². The van der Waals surface area contributed by atoms with E-state index in [4.69, 9.17) is 5.11 Å². The highest BCUT2D eigenvalue weighted by atomic mass is 16.4. The minimum Gasteiger partial charge on any atom is -0.480 e. The standard InChI is InChI=1S/C10H20N2O3/c1-8(10(14)15)12-9(13)6-4-3-5-7-11-2/h8,11H,3-7H2,1-2H3,(H,12,13)(H,14,15)/t8-/m0/s1. The topological polar surface area (TPSA) is 78.4 Å². The van der Waals surface area contributed by atoms with Crippen molar-refractivity contribution in [2.75, 3.05) is 13.6 Å². The summed E-state index contributed by atoms with van der Waals surface area (Å²) in [7, 11) is 1.89. The molecule has 0 aromatic heterocycles. The van der Waals surface area contributed by atoms with Crippen LogP contribution in [0, 0.1) is 0 Å². The molecule has 5 nitrogen and oxygen atoms in total. The Morgan fingerprint density at radius 2 is 1.93 bits per heavy atom. The highest BCUT2D eigenvalue weighted by molar-refractivity contribution is 5.83. The molecule has 88 valence electrons. The maximum atomic E-state index is 11.2. The molecule has 0 spiro atoms. The molecule has 0 aromatic rings. The highest BCUT2D eigenvalue weighted by Crippen LogP contribution is 1.99. The van der Waals surface area contributed by atoms with E-state index in [-0.39, 0.29) is 5.91 Å². The third kappa shape index (κ3) is 7.93. The van der Waals surface area contributed by atoms with Crippen LogP contribution in [0.2, 0.25) is 0 Å². The predicted molar refractivity (Wildman–Crippen MR) is 57.6 cm³/mol. The SMILES string of the molecule is CNCCCCCC(=O)N[C@@H](C)C(=O)O. The van der Waals surface area contributed by atoms with E-state index in [1.807, 2.05) is 7.05 Å². The summed E-state index contributed by atoms with van der Waals surface area (Å²) < 4.78 is 0. The maximum Gasteiger partial charge on any atom is 0.325 e. The predicted octanol–water partition coefficient (Wildman–Crippen LogP) is 0.355. The van der Waals surface area contributed by atoms with Crippen LogP contribution in [0.15, 0.2) is 0 Å². The Morgan fingerprint density at radius 3 is 2.47 bits per heavy atom. The molecule has 0 bridgehead atoms. The third-order valence-corrected chi connectivity index (χ3v) is 2.08. The summed E-state index contributed by atoms with van der Waals surface area (Å²) in [5.41, 5.74) is 0. The number of nitrogens with one attached hydrogen (secondary N) is 2. The van der Waals surface area contributed by atoms with E-state index in [0.717, 1.165) is 25.8 Å². The van der Waals surface area contributed by atoms with Crippen LogP contribution in [0.25, 0.3) is 0 Å². The van der Waals surface area contributed by atoms with Gasteiger partial charge in [-0.1, -0.05) is 6.42 Å². The van der Waals surface area contributed by atoms with Gasteiger partial charge in [-0.2, -0.15) is 0 Å². The van der Waals surface area contributed by atoms with Crippen molar-refractivity contribution >= 4 is 11.9 Å². The van der Waals surface area contributed by atoms with E-state index in [9.17, 15) is 9.59 Å². The van der Waals surface area contributed by atoms with E-state index in [2.05, 4.69) is 10.6 Å². The molecule has 0 aliphatic carbocycles. The first kappa shape index (κ1) is 13.9. The van der Waals surface area contributed by atoms with Gasteiger partial charge in [-0.05, 0) is 33.4 Å². The average molecular weight is 216 g/mol. The van der Waals surface area contributed by atoms with Gasteiger partial charge < -0.3 is 15.7 Å². The summed E-state index contributed by atoms with van der Waals surface area (Å²) in [5, 5.41) is 14.0. The second kappa shape index (κ2) is 8.23. The normalized spacial score (nSPS) is 12.1. The van der Waals surface area contributed by atoms with Gasteiger partial charge in [0.05, 0.1) is 0 Å². The number of hydrogen-bond acceptors (Lipinski definition) is 3. The molecular formula is C10H20N2O3. The Kier molecular flexibility index (Phi) is 7.62. The lowest BCUT2D eigenvalue weighted by Gasteiger charge is -2.08.